The maximum Gasteiger partial charge on any atom is 0.245 e. The van der Waals surface area contributed by atoms with Crippen LogP contribution in [0.4, 0.5) is 5.82 Å². The fourth-order valence-corrected chi connectivity index (χ4v) is 3.42. The van der Waals surface area contributed by atoms with Crippen molar-refractivity contribution >= 4 is 29.2 Å². The van der Waals surface area contributed by atoms with Gasteiger partial charge in [-0.05, 0) is 25.5 Å². The van der Waals surface area contributed by atoms with E-state index in [0.717, 1.165) is 18.9 Å². The molecule has 2 aliphatic heterocycles. The molecule has 1 aromatic heterocycles. The van der Waals surface area contributed by atoms with Gasteiger partial charge in [0.15, 0.2) is 0 Å². The average Bonchev–Trinajstić information content (AvgIpc) is 2.96. The van der Waals surface area contributed by atoms with E-state index in [1.54, 1.807) is 11.1 Å². The van der Waals surface area contributed by atoms with Gasteiger partial charge in [-0.3, -0.25) is 9.59 Å². The number of pyridine rings is 1. The van der Waals surface area contributed by atoms with Crippen molar-refractivity contribution in [2.24, 2.45) is 0 Å². The molecule has 3 heterocycles. The molecule has 0 bridgehead atoms. The highest BCUT2D eigenvalue weighted by atomic mass is 35.5. The molecule has 2 fully saturated rings. The molecule has 2 amide bonds. The number of nitrogens with zero attached hydrogens (tertiary/aromatic N) is 4. The summed E-state index contributed by atoms with van der Waals surface area (Å²) in [7, 11) is 0. The number of halogens is 1. The van der Waals surface area contributed by atoms with Crippen molar-refractivity contribution in [1.82, 2.24) is 14.8 Å². The van der Waals surface area contributed by atoms with Crippen LogP contribution in [0.5, 0.6) is 0 Å². The lowest BCUT2D eigenvalue weighted by Crippen LogP contribution is -2.54. The Morgan fingerprint density at radius 3 is 2.65 bits per heavy atom. The first-order chi connectivity index (χ1) is 11.1. The lowest BCUT2D eigenvalue weighted by molar-refractivity contribution is -0.141. The van der Waals surface area contributed by atoms with Gasteiger partial charge in [0.05, 0.1) is 5.02 Å². The Hall–Kier alpha value is -1.82. The van der Waals surface area contributed by atoms with Crippen molar-refractivity contribution in [3.8, 4) is 0 Å². The number of piperazine rings is 1. The topological polar surface area (TPSA) is 56.8 Å². The zero-order valence-corrected chi connectivity index (χ0v) is 14.0. The van der Waals surface area contributed by atoms with Gasteiger partial charge in [-0.15, -0.1) is 0 Å². The number of hydrogen-bond donors (Lipinski definition) is 0. The SMILES string of the molecule is CCN1C(=O)CCC1C(=O)N1CCN(c2ccc(Cl)cn2)CC1. The van der Waals surface area contributed by atoms with E-state index in [-0.39, 0.29) is 17.9 Å². The molecule has 124 valence electrons. The van der Waals surface area contributed by atoms with Gasteiger partial charge in [0, 0.05) is 45.3 Å². The van der Waals surface area contributed by atoms with E-state index in [2.05, 4.69) is 9.88 Å². The Balaban J connectivity index is 1.59. The zero-order chi connectivity index (χ0) is 16.4. The third kappa shape index (κ3) is 3.27. The Kier molecular flexibility index (Phi) is 4.71. The van der Waals surface area contributed by atoms with Gasteiger partial charge in [-0.25, -0.2) is 4.98 Å². The van der Waals surface area contributed by atoms with E-state index in [1.165, 1.54) is 0 Å². The van der Waals surface area contributed by atoms with Gasteiger partial charge < -0.3 is 14.7 Å². The molecule has 1 atom stereocenters. The lowest BCUT2D eigenvalue weighted by Gasteiger charge is -2.37. The second-order valence-corrected chi connectivity index (χ2v) is 6.32. The summed E-state index contributed by atoms with van der Waals surface area (Å²) >= 11 is 5.86. The Bertz CT molecular complexity index is 584. The minimum absolute atomic E-state index is 0.0846. The molecule has 6 nitrogen and oxygen atoms in total. The first-order valence-electron chi connectivity index (χ1n) is 8.05. The maximum absolute atomic E-state index is 12.7. The van der Waals surface area contributed by atoms with Crippen molar-refractivity contribution in [3.63, 3.8) is 0 Å². The average molecular weight is 337 g/mol. The molecule has 1 unspecified atom stereocenters. The first-order valence-corrected chi connectivity index (χ1v) is 8.42. The minimum atomic E-state index is -0.271. The number of hydrogen-bond acceptors (Lipinski definition) is 4. The molecule has 23 heavy (non-hydrogen) atoms. The second kappa shape index (κ2) is 6.74. The van der Waals surface area contributed by atoms with Crippen LogP contribution in [-0.4, -0.2) is 65.4 Å². The monoisotopic (exact) mass is 336 g/mol. The van der Waals surface area contributed by atoms with E-state index in [0.29, 0.717) is 37.5 Å². The van der Waals surface area contributed by atoms with Gasteiger partial charge in [-0.1, -0.05) is 11.6 Å². The molecule has 0 aliphatic carbocycles. The van der Waals surface area contributed by atoms with E-state index >= 15 is 0 Å². The molecule has 0 N–H and O–H groups in total. The molecule has 1 aromatic rings. The minimum Gasteiger partial charge on any atom is -0.353 e. The smallest absolute Gasteiger partial charge is 0.245 e. The number of anilines is 1. The van der Waals surface area contributed by atoms with Gasteiger partial charge >= 0.3 is 0 Å². The Morgan fingerprint density at radius 1 is 1.30 bits per heavy atom. The Labute approximate surface area is 141 Å². The van der Waals surface area contributed by atoms with Crippen molar-refractivity contribution in [3.05, 3.63) is 23.4 Å². The van der Waals surface area contributed by atoms with Gasteiger partial charge in [0.25, 0.3) is 0 Å². The summed E-state index contributed by atoms with van der Waals surface area (Å²) in [6.45, 7) is 5.33. The summed E-state index contributed by atoms with van der Waals surface area (Å²) in [5, 5.41) is 0.619. The van der Waals surface area contributed by atoms with Crippen molar-refractivity contribution in [2.75, 3.05) is 37.6 Å². The number of carbonyl (C=O) groups is 2. The summed E-state index contributed by atoms with van der Waals surface area (Å²) in [6.07, 6.45) is 2.76. The number of likely N-dealkylation sites (N-methyl/N-ethyl adjacent to an activating group) is 1. The molecule has 3 rings (SSSR count). The van der Waals surface area contributed by atoms with Crippen LogP contribution in [0.1, 0.15) is 19.8 Å². The van der Waals surface area contributed by atoms with Crippen LogP contribution in [0.2, 0.25) is 5.02 Å². The van der Waals surface area contributed by atoms with Gasteiger partial charge in [0.1, 0.15) is 11.9 Å². The summed E-state index contributed by atoms with van der Waals surface area (Å²) in [4.78, 5) is 34.5. The predicted octanol–water partition coefficient (Wildman–Crippen LogP) is 1.39. The highest BCUT2D eigenvalue weighted by Gasteiger charge is 2.37. The largest absolute Gasteiger partial charge is 0.353 e. The van der Waals surface area contributed by atoms with Crippen LogP contribution in [0.3, 0.4) is 0 Å². The van der Waals surface area contributed by atoms with Crippen LogP contribution in [-0.2, 0) is 9.59 Å². The van der Waals surface area contributed by atoms with Gasteiger partial charge in [0.2, 0.25) is 11.8 Å². The quantitative estimate of drug-likeness (QED) is 0.837. The summed E-state index contributed by atoms with van der Waals surface area (Å²) in [5.41, 5.74) is 0. The third-order valence-corrected chi connectivity index (χ3v) is 4.80. The zero-order valence-electron chi connectivity index (χ0n) is 13.2. The Morgan fingerprint density at radius 2 is 2.04 bits per heavy atom. The molecular weight excluding hydrogens is 316 g/mol. The highest BCUT2D eigenvalue weighted by molar-refractivity contribution is 6.30. The van der Waals surface area contributed by atoms with Crippen LogP contribution >= 0.6 is 11.6 Å². The summed E-state index contributed by atoms with van der Waals surface area (Å²) < 4.78 is 0. The summed E-state index contributed by atoms with van der Waals surface area (Å²) in [6, 6.07) is 3.45. The third-order valence-electron chi connectivity index (χ3n) is 4.58. The second-order valence-electron chi connectivity index (χ2n) is 5.88. The molecule has 7 heteroatoms. The van der Waals surface area contributed by atoms with Crippen molar-refractivity contribution in [2.45, 2.75) is 25.8 Å². The number of amides is 2. The van der Waals surface area contributed by atoms with Crippen molar-refractivity contribution < 1.29 is 9.59 Å². The van der Waals surface area contributed by atoms with Gasteiger partial charge in [-0.2, -0.15) is 0 Å². The predicted molar refractivity (Wildman–Crippen MR) is 88.4 cm³/mol. The first kappa shape index (κ1) is 16.1. The maximum atomic E-state index is 12.7. The van der Waals surface area contributed by atoms with Crippen LogP contribution in [0.15, 0.2) is 18.3 Å². The standard InChI is InChI=1S/C16H21ClN4O2/c1-2-21-13(4-6-15(21)22)16(23)20-9-7-19(8-10-20)14-5-3-12(17)11-18-14/h3,5,11,13H,2,4,6-10H2,1H3. The highest BCUT2D eigenvalue weighted by Crippen LogP contribution is 2.22. The normalized spacial score (nSPS) is 21.9. The van der Waals surface area contributed by atoms with Crippen LogP contribution < -0.4 is 4.90 Å². The van der Waals surface area contributed by atoms with E-state index in [1.807, 2.05) is 24.0 Å². The number of likely N-dealkylation sites (tertiary alicyclic amines) is 1. The molecule has 0 radical (unpaired) electrons. The molecule has 0 aromatic carbocycles. The molecule has 2 saturated heterocycles. The summed E-state index contributed by atoms with van der Waals surface area (Å²) in [5.74, 6) is 1.06. The van der Waals surface area contributed by atoms with Crippen LogP contribution in [0, 0.1) is 0 Å². The lowest BCUT2D eigenvalue weighted by atomic mass is 10.1. The fourth-order valence-electron chi connectivity index (χ4n) is 3.31. The van der Waals surface area contributed by atoms with E-state index < -0.39 is 0 Å². The van der Waals surface area contributed by atoms with E-state index in [9.17, 15) is 9.59 Å². The van der Waals surface area contributed by atoms with Crippen molar-refractivity contribution in [1.29, 1.82) is 0 Å². The molecular formula is C16H21ClN4O2. The number of aromatic nitrogens is 1. The molecule has 0 saturated carbocycles. The fraction of sp³-hybridized carbons (Fsp3) is 0.562. The number of rotatable bonds is 3. The number of carbonyl (C=O) groups excluding carboxylic acids is 2. The van der Waals surface area contributed by atoms with Crippen LogP contribution in [0.25, 0.3) is 0 Å². The molecule has 0 spiro atoms. The molecule has 2 aliphatic rings. The van der Waals surface area contributed by atoms with E-state index in [4.69, 9.17) is 11.6 Å².